The smallest absolute Gasteiger partial charge is 0.118 e. The fraction of sp³-hybridized carbons (Fsp3) is 0.364. The third-order valence-corrected chi connectivity index (χ3v) is 5.28. The molecular weight excluding hydrogens is 336 g/mol. The van der Waals surface area contributed by atoms with Gasteiger partial charge in [0.15, 0.2) is 0 Å². The van der Waals surface area contributed by atoms with E-state index < -0.39 is 0 Å². The maximum Gasteiger partial charge on any atom is 0.118 e. The molecule has 0 N–H and O–H groups in total. The van der Waals surface area contributed by atoms with Crippen molar-refractivity contribution in [3.8, 4) is 5.75 Å². The Bertz CT molecular complexity index is 836. The molecule has 2 heterocycles. The molecule has 5 heteroatoms. The lowest BCUT2D eigenvalue weighted by atomic mass is 10.0. The summed E-state index contributed by atoms with van der Waals surface area (Å²) in [5.74, 6) is 0.879. The van der Waals surface area contributed by atoms with Gasteiger partial charge in [-0.15, -0.1) is 5.10 Å². The van der Waals surface area contributed by atoms with E-state index >= 15 is 0 Å². The molecule has 0 unspecified atom stereocenters. The van der Waals surface area contributed by atoms with Gasteiger partial charge in [0, 0.05) is 32.3 Å². The molecule has 0 spiro atoms. The molecule has 2 aromatic carbocycles. The zero-order valence-corrected chi connectivity index (χ0v) is 15.8. The molecule has 140 valence electrons. The van der Waals surface area contributed by atoms with Crippen LogP contribution in [0.5, 0.6) is 5.75 Å². The topological polar surface area (TPSA) is 43.2 Å². The van der Waals surface area contributed by atoms with E-state index in [9.17, 15) is 0 Å². The maximum absolute atomic E-state index is 5.21. The Labute approximate surface area is 160 Å². The van der Waals surface area contributed by atoms with Gasteiger partial charge in [0.2, 0.25) is 0 Å². The molecule has 1 aromatic heterocycles. The molecule has 0 saturated carbocycles. The van der Waals surface area contributed by atoms with Crippen molar-refractivity contribution >= 4 is 0 Å². The van der Waals surface area contributed by atoms with Crippen LogP contribution in [0.25, 0.3) is 0 Å². The van der Waals surface area contributed by atoms with Gasteiger partial charge in [-0.25, -0.2) is 4.68 Å². The van der Waals surface area contributed by atoms with E-state index in [1.54, 1.807) is 7.11 Å². The number of likely N-dealkylation sites (tertiary alicyclic amines) is 1. The third-order valence-electron chi connectivity index (χ3n) is 5.28. The minimum absolute atomic E-state index is 0.453. The molecular formula is C22H26N4O. The third kappa shape index (κ3) is 4.55. The van der Waals surface area contributed by atoms with Crippen LogP contribution in [0.1, 0.15) is 35.7 Å². The number of piperidine rings is 1. The molecule has 1 saturated heterocycles. The second-order valence-corrected chi connectivity index (χ2v) is 7.21. The summed E-state index contributed by atoms with van der Waals surface area (Å²) in [4.78, 5) is 2.53. The number of benzene rings is 2. The molecule has 0 bridgehead atoms. The Morgan fingerprint density at radius 2 is 1.70 bits per heavy atom. The Morgan fingerprint density at radius 3 is 2.41 bits per heavy atom. The van der Waals surface area contributed by atoms with Crippen molar-refractivity contribution in [2.24, 2.45) is 0 Å². The average Bonchev–Trinajstić information content (AvgIpc) is 3.18. The SMILES string of the molecule is COc1ccc(Cc2cn(C3CCN(Cc4ccccc4)CC3)nn2)cc1. The zero-order chi connectivity index (χ0) is 18.5. The summed E-state index contributed by atoms with van der Waals surface area (Å²) in [7, 11) is 1.69. The highest BCUT2D eigenvalue weighted by atomic mass is 16.5. The summed E-state index contributed by atoms with van der Waals surface area (Å²) in [5, 5.41) is 8.79. The van der Waals surface area contributed by atoms with Crippen molar-refractivity contribution in [1.82, 2.24) is 19.9 Å². The van der Waals surface area contributed by atoms with Gasteiger partial charge in [0.25, 0.3) is 0 Å². The molecule has 0 atom stereocenters. The number of hydrogen-bond acceptors (Lipinski definition) is 4. The first-order valence-electron chi connectivity index (χ1n) is 9.60. The maximum atomic E-state index is 5.21. The zero-order valence-electron chi connectivity index (χ0n) is 15.8. The second-order valence-electron chi connectivity index (χ2n) is 7.21. The minimum Gasteiger partial charge on any atom is -0.497 e. The van der Waals surface area contributed by atoms with Crippen molar-refractivity contribution in [2.75, 3.05) is 20.2 Å². The van der Waals surface area contributed by atoms with Crippen molar-refractivity contribution in [2.45, 2.75) is 31.8 Å². The molecule has 4 rings (SSSR count). The van der Waals surface area contributed by atoms with Crippen LogP contribution in [0.4, 0.5) is 0 Å². The van der Waals surface area contributed by atoms with Crippen LogP contribution in [0.3, 0.4) is 0 Å². The summed E-state index contributed by atoms with van der Waals surface area (Å²) < 4.78 is 7.28. The highest BCUT2D eigenvalue weighted by molar-refractivity contribution is 5.29. The first-order chi connectivity index (χ1) is 13.3. The van der Waals surface area contributed by atoms with Crippen molar-refractivity contribution in [3.63, 3.8) is 0 Å². The standard InChI is InChI=1S/C22H26N4O/c1-27-22-9-7-18(8-10-22)15-20-17-26(24-23-20)21-11-13-25(14-12-21)16-19-5-3-2-4-6-19/h2-10,17,21H,11-16H2,1H3. The average molecular weight is 362 g/mol. The van der Waals surface area contributed by atoms with Crippen molar-refractivity contribution in [3.05, 3.63) is 77.6 Å². The second kappa shape index (κ2) is 8.35. The van der Waals surface area contributed by atoms with Gasteiger partial charge in [-0.3, -0.25) is 4.90 Å². The lowest BCUT2D eigenvalue weighted by Gasteiger charge is -2.31. The van der Waals surface area contributed by atoms with Crippen LogP contribution in [-0.2, 0) is 13.0 Å². The predicted octanol–water partition coefficient (Wildman–Crippen LogP) is 3.71. The summed E-state index contributed by atoms with van der Waals surface area (Å²) in [6.07, 6.45) is 5.16. The molecule has 27 heavy (non-hydrogen) atoms. The van der Waals surface area contributed by atoms with Gasteiger partial charge in [0.1, 0.15) is 5.75 Å². The van der Waals surface area contributed by atoms with Gasteiger partial charge in [-0.05, 0) is 36.1 Å². The lowest BCUT2D eigenvalue weighted by Crippen LogP contribution is -2.34. The summed E-state index contributed by atoms with van der Waals surface area (Å²) in [6, 6.07) is 19.3. The summed E-state index contributed by atoms with van der Waals surface area (Å²) >= 11 is 0. The van der Waals surface area contributed by atoms with Crippen LogP contribution in [-0.4, -0.2) is 40.1 Å². The van der Waals surface area contributed by atoms with Crippen LogP contribution in [0.2, 0.25) is 0 Å². The Kier molecular flexibility index (Phi) is 5.49. The number of ether oxygens (including phenoxy) is 1. The largest absolute Gasteiger partial charge is 0.497 e. The lowest BCUT2D eigenvalue weighted by molar-refractivity contribution is 0.172. The quantitative estimate of drug-likeness (QED) is 0.670. The van der Waals surface area contributed by atoms with Crippen molar-refractivity contribution in [1.29, 1.82) is 0 Å². The van der Waals surface area contributed by atoms with Gasteiger partial charge in [-0.2, -0.15) is 0 Å². The fourth-order valence-corrected chi connectivity index (χ4v) is 3.71. The molecule has 3 aromatic rings. The first-order valence-corrected chi connectivity index (χ1v) is 9.60. The molecule has 1 fully saturated rings. The molecule has 5 nitrogen and oxygen atoms in total. The highest BCUT2D eigenvalue weighted by Gasteiger charge is 2.21. The number of methoxy groups -OCH3 is 1. The van der Waals surface area contributed by atoms with Gasteiger partial charge >= 0.3 is 0 Å². The number of rotatable bonds is 6. The summed E-state index contributed by atoms with van der Waals surface area (Å²) in [6.45, 7) is 3.24. The van der Waals surface area contributed by atoms with Gasteiger partial charge in [0.05, 0.1) is 18.8 Å². The van der Waals surface area contributed by atoms with Gasteiger partial charge in [-0.1, -0.05) is 47.7 Å². The van der Waals surface area contributed by atoms with Gasteiger partial charge < -0.3 is 4.74 Å². The van der Waals surface area contributed by atoms with E-state index in [0.717, 1.165) is 50.3 Å². The van der Waals surface area contributed by atoms with E-state index in [-0.39, 0.29) is 0 Å². The molecule has 0 aliphatic carbocycles. The monoisotopic (exact) mass is 362 g/mol. The van der Waals surface area contributed by atoms with E-state index in [1.807, 2.05) is 12.1 Å². The number of hydrogen-bond donors (Lipinski definition) is 0. The Morgan fingerprint density at radius 1 is 0.963 bits per heavy atom. The van der Waals surface area contributed by atoms with E-state index in [4.69, 9.17) is 4.74 Å². The fourth-order valence-electron chi connectivity index (χ4n) is 3.71. The molecule has 0 radical (unpaired) electrons. The van der Waals surface area contributed by atoms with Crippen LogP contribution >= 0.6 is 0 Å². The first kappa shape index (κ1) is 17.7. The molecule has 1 aliphatic heterocycles. The van der Waals surface area contributed by atoms with Crippen LogP contribution in [0.15, 0.2) is 60.8 Å². The minimum atomic E-state index is 0.453. The van der Waals surface area contributed by atoms with Crippen LogP contribution < -0.4 is 4.74 Å². The molecule has 1 aliphatic rings. The van der Waals surface area contributed by atoms with E-state index in [0.29, 0.717) is 6.04 Å². The predicted molar refractivity (Wildman–Crippen MR) is 106 cm³/mol. The van der Waals surface area contributed by atoms with Crippen molar-refractivity contribution < 1.29 is 4.74 Å². The number of nitrogens with zero attached hydrogens (tertiary/aromatic N) is 4. The van der Waals surface area contributed by atoms with E-state index in [2.05, 4.69) is 68.6 Å². The molecule has 0 amide bonds. The highest BCUT2D eigenvalue weighted by Crippen LogP contribution is 2.23. The summed E-state index contributed by atoms with van der Waals surface area (Å²) in [5.41, 5.74) is 3.63. The normalized spacial score (nSPS) is 15.7. The Hall–Kier alpha value is -2.66. The Balaban J connectivity index is 1.31. The van der Waals surface area contributed by atoms with Crippen LogP contribution in [0, 0.1) is 0 Å². The van der Waals surface area contributed by atoms with E-state index in [1.165, 1.54) is 11.1 Å². The number of aromatic nitrogens is 3.